The highest BCUT2D eigenvalue weighted by Crippen LogP contribution is 2.18. The fraction of sp³-hybridized carbons (Fsp3) is 0.273. The topological polar surface area (TPSA) is 71.3 Å². The zero-order chi connectivity index (χ0) is 19.5. The maximum absolute atomic E-state index is 12.3. The summed E-state index contributed by atoms with van der Waals surface area (Å²) in [6.07, 6.45) is 4.86. The molecule has 27 heavy (non-hydrogen) atoms. The Balaban J connectivity index is 1.97. The van der Waals surface area contributed by atoms with Gasteiger partial charge in [0.1, 0.15) is 23.1 Å². The van der Waals surface area contributed by atoms with Crippen molar-refractivity contribution in [1.29, 1.82) is 5.26 Å². The molecule has 0 radical (unpaired) electrons. The monoisotopic (exact) mass is 364 g/mol. The van der Waals surface area contributed by atoms with E-state index in [0.29, 0.717) is 18.0 Å². The Morgan fingerprint density at radius 1 is 1.07 bits per heavy atom. The van der Waals surface area contributed by atoms with Gasteiger partial charge < -0.3 is 14.8 Å². The summed E-state index contributed by atoms with van der Waals surface area (Å²) in [6.45, 7) is 2.83. The third-order valence-corrected chi connectivity index (χ3v) is 3.92. The molecule has 0 aliphatic carbocycles. The fourth-order valence-corrected chi connectivity index (χ4v) is 2.39. The molecule has 2 aromatic carbocycles. The van der Waals surface area contributed by atoms with Crippen LogP contribution in [0, 0.1) is 11.3 Å². The first kappa shape index (κ1) is 20.1. The molecule has 1 amide bonds. The molecule has 2 rings (SSSR count). The number of benzene rings is 2. The molecule has 0 aromatic heterocycles. The number of unbranched alkanes of at least 4 members (excludes halogenated alkanes) is 2. The van der Waals surface area contributed by atoms with Gasteiger partial charge in [0.2, 0.25) is 0 Å². The second kappa shape index (κ2) is 10.7. The smallest absolute Gasteiger partial charge is 0.266 e. The summed E-state index contributed by atoms with van der Waals surface area (Å²) in [6, 6.07) is 16.2. The second-order valence-corrected chi connectivity index (χ2v) is 5.98. The molecule has 0 heterocycles. The number of nitrogens with zero attached hydrogens (tertiary/aromatic N) is 1. The van der Waals surface area contributed by atoms with E-state index in [1.54, 1.807) is 61.7 Å². The van der Waals surface area contributed by atoms with E-state index in [2.05, 4.69) is 12.2 Å². The lowest BCUT2D eigenvalue weighted by molar-refractivity contribution is -0.112. The van der Waals surface area contributed by atoms with Crippen molar-refractivity contribution < 1.29 is 14.3 Å². The van der Waals surface area contributed by atoms with E-state index in [9.17, 15) is 10.1 Å². The molecule has 0 spiro atoms. The first-order valence-electron chi connectivity index (χ1n) is 8.96. The highest BCUT2D eigenvalue weighted by atomic mass is 16.5. The van der Waals surface area contributed by atoms with Crippen LogP contribution in [-0.2, 0) is 4.79 Å². The average molecular weight is 364 g/mol. The van der Waals surface area contributed by atoms with E-state index in [-0.39, 0.29) is 5.57 Å². The summed E-state index contributed by atoms with van der Waals surface area (Å²) in [4.78, 5) is 12.3. The molecule has 0 fully saturated rings. The van der Waals surface area contributed by atoms with Crippen LogP contribution < -0.4 is 14.8 Å². The third-order valence-electron chi connectivity index (χ3n) is 3.92. The highest BCUT2D eigenvalue weighted by molar-refractivity contribution is 6.09. The molecule has 2 aromatic rings. The first-order valence-corrected chi connectivity index (χ1v) is 8.96. The Hall–Kier alpha value is -3.26. The number of methoxy groups -OCH3 is 1. The van der Waals surface area contributed by atoms with E-state index in [1.165, 1.54) is 0 Å². The normalized spacial score (nSPS) is 10.8. The predicted molar refractivity (Wildman–Crippen MR) is 107 cm³/mol. The van der Waals surface area contributed by atoms with Crippen molar-refractivity contribution in [3.8, 4) is 17.6 Å². The first-order chi connectivity index (χ1) is 13.2. The van der Waals surface area contributed by atoms with Gasteiger partial charge in [-0.05, 0) is 54.5 Å². The van der Waals surface area contributed by atoms with E-state index >= 15 is 0 Å². The third kappa shape index (κ3) is 6.52. The van der Waals surface area contributed by atoms with Gasteiger partial charge in [-0.15, -0.1) is 0 Å². The Kier molecular flexibility index (Phi) is 7.92. The molecule has 140 valence electrons. The van der Waals surface area contributed by atoms with Crippen LogP contribution >= 0.6 is 0 Å². The maximum atomic E-state index is 12.3. The fourth-order valence-electron chi connectivity index (χ4n) is 2.39. The summed E-state index contributed by atoms with van der Waals surface area (Å²) in [5.74, 6) is 1.02. The van der Waals surface area contributed by atoms with Crippen LogP contribution in [0.1, 0.15) is 31.7 Å². The molecule has 0 unspecified atom stereocenters. The molecule has 0 aliphatic rings. The van der Waals surface area contributed by atoms with Crippen LogP contribution in [0.3, 0.4) is 0 Å². The summed E-state index contributed by atoms with van der Waals surface area (Å²) >= 11 is 0. The van der Waals surface area contributed by atoms with Crippen molar-refractivity contribution in [2.75, 3.05) is 19.0 Å². The highest BCUT2D eigenvalue weighted by Gasteiger charge is 2.09. The standard InChI is InChI=1S/C22H24N2O3/c1-3-4-5-14-27-21-12-8-19(9-13-21)24-22(25)18(16-23)15-17-6-10-20(26-2)11-7-17/h6-13,15H,3-5,14H2,1-2H3,(H,24,25). The SMILES string of the molecule is CCCCCOc1ccc(NC(=O)C(C#N)=Cc2ccc(OC)cc2)cc1. The Labute approximate surface area is 160 Å². The number of ether oxygens (including phenoxy) is 2. The summed E-state index contributed by atoms with van der Waals surface area (Å²) in [5, 5.41) is 12.0. The van der Waals surface area contributed by atoms with E-state index in [4.69, 9.17) is 9.47 Å². The van der Waals surface area contributed by atoms with Gasteiger partial charge in [-0.25, -0.2) is 0 Å². The number of hydrogen-bond donors (Lipinski definition) is 1. The number of anilines is 1. The Bertz CT molecular complexity index is 803. The minimum Gasteiger partial charge on any atom is -0.497 e. The van der Waals surface area contributed by atoms with Crippen molar-refractivity contribution in [3.63, 3.8) is 0 Å². The number of nitriles is 1. The minimum absolute atomic E-state index is 0.0278. The molecule has 0 bridgehead atoms. The van der Waals surface area contributed by atoms with Gasteiger partial charge in [-0.2, -0.15) is 5.26 Å². The van der Waals surface area contributed by atoms with Crippen LogP contribution in [-0.4, -0.2) is 19.6 Å². The van der Waals surface area contributed by atoms with E-state index in [1.807, 2.05) is 6.07 Å². The van der Waals surface area contributed by atoms with E-state index in [0.717, 1.165) is 30.6 Å². The van der Waals surface area contributed by atoms with Gasteiger partial charge in [-0.1, -0.05) is 31.9 Å². The van der Waals surface area contributed by atoms with Crippen molar-refractivity contribution in [2.45, 2.75) is 26.2 Å². The summed E-state index contributed by atoms with van der Waals surface area (Å²) < 4.78 is 10.7. The van der Waals surface area contributed by atoms with E-state index < -0.39 is 5.91 Å². The molecule has 0 saturated carbocycles. The van der Waals surface area contributed by atoms with Crippen molar-refractivity contribution >= 4 is 17.7 Å². The van der Waals surface area contributed by atoms with Crippen molar-refractivity contribution in [2.24, 2.45) is 0 Å². The number of rotatable bonds is 9. The van der Waals surface area contributed by atoms with Gasteiger partial charge >= 0.3 is 0 Å². The predicted octanol–water partition coefficient (Wildman–Crippen LogP) is 4.81. The van der Waals surface area contributed by atoms with Crippen molar-refractivity contribution in [3.05, 3.63) is 59.7 Å². The molecule has 0 atom stereocenters. The number of amides is 1. The van der Waals surface area contributed by atoms with Gasteiger partial charge in [0, 0.05) is 5.69 Å². The van der Waals surface area contributed by atoms with Gasteiger partial charge in [-0.3, -0.25) is 4.79 Å². The van der Waals surface area contributed by atoms with Crippen molar-refractivity contribution in [1.82, 2.24) is 0 Å². The number of hydrogen-bond acceptors (Lipinski definition) is 4. The maximum Gasteiger partial charge on any atom is 0.266 e. The molecule has 5 nitrogen and oxygen atoms in total. The van der Waals surface area contributed by atoms with Gasteiger partial charge in [0.15, 0.2) is 0 Å². The molecular formula is C22H24N2O3. The molecule has 1 N–H and O–H groups in total. The van der Waals surface area contributed by atoms with Crippen LogP contribution in [0.2, 0.25) is 0 Å². The largest absolute Gasteiger partial charge is 0.497 e. The number of carbonyl (C=O) groups is 1. The lowest BCUT2D eigenvalue weighted by Crippen LogP contribution is -2.13. The summed E-state index contributed by atoms with van der Waals surface area (Å²) in [7, 11) is 1.58. The lowest BCUT2D eigenvalue weighted by Gasteiger charge is -2.08. The molecule has 5 heteroatoms. The quantitative estimate of drug-likeness (QED) is 0.394. The minimum atomic E-state index is -0.454. The van der Waals surface area contributed by atoms with Crippen LogP contribution in [0.5, 0.6) is 11.5 Å². The van der Waals surface area contributed by atoms with Crippen LogP contribution in [0.15, 0.2) is 54.1 Å². The summed E-state index contributed by atoms with van der Waals surface area (Å²) in [5.41, 5.74) is 1.38. The zero-order valence-corrected chi connectivity index (χ0v) is 15.7. The second-order valence-electron chi connectivity index (χ2n) is 5.98. The van der Waals surface area contributed by atoms with Crippen LogP contribution in [0.25, 0.3) is 6.08 Å². The number of nitrogens with one attached hydrogen (secondary N) is 1. The molecular weight excluding hydrogens is 340 g/mol. The molecule has 0 aliphatic heterocycles. The number of carbonyl (C=O) groups excluding carboxylic acids is 1. The Morgan fingerprint density at radius 3 is 2.33 bits per heavy atom. The Morgan fingerprint density at radius 2 is 1.74 bits per heavy atom. The molecule has 0 saturated heterocycles. The van der Waals surface area contributed by atoms with Crippen LogP contribution in [0.4, 0.5) is 5.69 Å². The van der Waals surface area contributed by atoms with Gasteiger partial charge in [0.05, 0.1) is 13.7 Å². The zero-order valence-electron chi connectivity index (χ0n) is 15.7. The lowest BCUT2D eigenvalue weighted by atomic mass is 10.1. The average Bonchev–Trinajstić information content (AvgIpc) is 2.71. The van der Waals surface area contributed by atoms with Gasteiger partial charge in [0.25, 0.3) is 5.91 Å².